The maximum Gasteiger partial charge on any atom is 0.259 e. The Balaban J connectivity index is 1.66. The molecule has 1 aliphatic rings. The Morgan fingerprint density at radius 3 is 1.97 bits per heavy atom. The number of benzene rings is 3. The number of aromatic amines is 2. The second-order valence-electron chi connectivity index (χ2n) is 9.66. The smallest absolute Gasteiger partial charge is 0.259 e. The van der Waals surface area contributed by atoms with Gasteiger partial charge in [0.05, 0.1) is 25.4 Å². The molecular formula is C31H28N4O4. The molecule has 39 heavy (non-hydrogen) atoms. The van der Waals surface area contributed by atoms with Crippen molar-refractivity contribution in [3.63, 3.8) is 0 Å². The van der Waals surface area contributed by atoms with E-state index in [1.54, 1.807) is 14.2 Å². The summed E-state index contributed by atoms with van der Waals surface area (Å²) in [6.07, 6.45) is 0.513. The maximum absolute atomic E-state index is 13.6. The minimum Gasteiger partial charge on any atom is -0.497 e. The maximum atomic E-state index is 13.6. The van der Waals surface area contributed by atoms with Crippen molar-refractivity contribution in [2.24, 2.45) is 5.73 Å². The minimum absolute atomic E-state index is 0.330. The topological polar surface area (TPSA) is 122 Å². The number of hydrogen-bond donors (Lipinski definition) is 4. The van der Waals surface area contributed by atoms with Crippen LogP contribution in [-0.2, 0) is 22.6 Å². The molecule has 2 aromatic heterocycles. The molecule has 5 N–H and O–H groups in total. The monoisotopic (exact) mass is 520 g/mol. The largest absolute Gasteiger partial charge is 0.497 e. The fraction of sp³-hybridized carbons (Fsp3) is 0.161. The Hall–Kier alpha value is -4.82. The van der Waals surface area contributed by atoms with E-state index in [9.17, 15) is 9.59 Å². The van der Waals surface area contributed by atoms with E-state index in [2.05, 4.69) is 21.4 Å². The van der Waals surface area contributed by atoms with Crippen LogP contribution in [-0.4, -0.2) is 36.0 Å². The number of nitrogens with one attached hydrogen (secondary N) is 3. The van der Waals surface area contributed by atoms with E-state index < -0.39 is 11.8 Å². The molecule has 0 atom stereocenters. The number of fused-ring (bicyclic) bond motifs is 2. The quantitative estimate of drug-likeness (QED) is 0.234. The average Bonchev–Trinajstić information content (AvgIpc) is 3.55. The van der Waals surface area contributed by atoms with Crippen LogP contribution in [0.4, 0.5) is 0 Å². The van der Waals surface area contributed by atoms with Crippen LogP contribution in [0.25, 0.3) is 33.0 Å². The summed E-state index contributed by atoms with van der Waals surface area (Å²) in [5, 5.41) is 4.16. The van der Waals surface area contributed by atoms with Crippen molar-refractivity contribution in [1.29, 1.82) is 0 Å². The molecule has 8 nitrogen and oxygen atoms in total. The highest BCUT2D eigenvalue weighted by Gasteiger charge is 2.37. The molecule has 0 fully saturated rings. The van der Waals surface area contributed by atoms with Gasteiger partial charge in [0.1, 0.15) is 11.5 Å². The second-order valence-corrected chi connectivity index (χ2v) is 9.66. The highest BCUT2D eigenvalue weighted by atomic mass is 16.5. The van der Waals surface area contributed by atoms with Crippen LogP contribution in [0.3, 0.4) is 0 Å². The molecule has 8 heteroatoms. The first-order chi connectivity index (χ1) is 18.9. The van der Waals surface area contributed by atoms with E-state index in [4.69, 9.17) is 15.2 Å². The van der Waals surface area contributed by atoms with Gasteiger partial charge in [-0.1, -0.05) is 24.3 Å². The molecule has 3 heterocycles. The van der Waals surface area contributed by atoms with Crippen LogP contribution < -0.4 is 20.5 Å². The molecule has 0 unspecified atom stereocenters. The highest BCUT2D eigenvalue weighted by Crippen LogP contribution is 2.42. The third-order valence-electron chi connectivity index (χ3n) is 7.32. The third-order valence-corrected chi connectivity index (χ3v) is 7.32. The van der Waals surface area contributed by atoms with Gasteiger partial charge in [-0.15, -0.1) is 0 Å². The predicted octanol–water partition coefficient (Wildman–Crippen LogP) is 4.59. The first-order valence-electron chi connectivity index (χ1n) is 12.6. The number of imide groups is 1. The molecule has 0 spiro atoms. The standard InChI is InChI=1S/C31H28N4O4/c1-16-26(21-13-19(38-2)7-9-23(21)33-16)28-29(31(37)35-30(28)36)27-22-14-20(39-3)8-10-24(22)34-25(27)12-17-5-4-6-18(11-17)15-32/h4-11,13-14,33-34H,12,15,32H2,1-3H3,(H,35,36,37). The average molecular weight is 521 g/mol. The van der Waals surface area contributed by atoms with Crippen molar-refractivity contribution >= 4 is 44.8 Å². The lowest BCUT2D eigenvalue weighted by Gasteiger charge is -2.10. The van der Waals surface area contributed by atoms with Gasteiger partial charge in [0.2, 0.25) is 0 Å². The number of carbonyl (C=O) groups excluding carboxylic acids is 2. The molecule has 0 saturated carbocycles. The van der Waals surface area contributed by atoms with Crippen molar-refractivity contribution in [3.05, 3.63) is 94.3 Å². The first-order valence-corrected chi connectivity index (χ1v) is 12.6. The van der Waals surface area contributed by atoms with Gasteiger partial charge in [0.15, 0.2) is 0 Å². The van der Waals surface area contributed by atoms with Gasteiger partial charge in [-0.25, -0.2) is 0 Å². The van der Waals surface area contributed by atoms with Crippen LogP contribution in [0, 0.1) is 6.92 Å². The Morgan fingerprint density at radius 1 is 0.744 bits per heavy atom. The van der Waals surface area contributed by atoms with Gasteiger partial charge < -0.3 is 25.2 Å². The lowest BCUT2D eigenvalue weighted by Crippen LogP contribution is -2.23. The zero-order valence-corrected chi connectivity index (χ0v) is 21.9. The minimum atomic E-state index is -0.438. The molecule has 0 radical (unpaired) electrons. The van der Waals surface area contributed by atoms with Gasteiger partial charge >= 0.3 is 0 Å². The Labute approximate surface area is 224 Å². The number of methoxy groups -OCH3 is 2. The number of rotatable bonds is 7. The van der Waals surface area contributed by atoms with Crippen LogP contribution in [0.2, 0.25) is 0 Å². The molecule has 3 aromatic carbocycles. The zero-order chi connectivity index (χ0) is 27.3. The van der Waals surface area contributed by atoms with E-state index in [1.807, 2.05) is 61.5 Å². The fourth-order valence-electron chi connectivity index (χ4n) is 5.53. The van der Waals surface area contributed by atoms with Crippen LogP contribution in [0.15, 0.2) is 60.7 Å². The summed E-state index contributed by atoms with van der Waals surface area (Å²) in [6, 6.07) is 19.4. The summed E-state index contributed by atoms with van der Waals surface area (Å²) >= 11 is 0. The van der Waals surface area contributed by atoms with Gasteiger partial charge in [0.25, 0.3) is 11.8 Å². The van der Waals surface area contributed by atoms with Crippen LogP contribution >= 0.6 is 0 Å². The summed E-state index contributed by atoms with van der Waals surface area (Å²) in [7, 11) is 3.20. The van der Waals surface area contributed by atoms with Crippen molar-refractivity contribution in [1.82, 2.24) is 15.3 Å². The zero-order valence-electron chi connectivity index (χ0n) is 21.9. The van der Waals surface area contributed by atoms with E-state index in [0.29, 0.717) is 46.7 Å². The fourth-order valence-corrected chi connectivity index (χ4v) is 5.53. The van der Waals surface area contributed by atoms with E-state index in [0.717, 1.165) is 44.3 Å². The normalized spacial score (nSPS) is 13.5. The number of aromatic nitrogens is 2. The SMILES string of the molecule is COc1ccc2[nH]c(C)c(C3=C(c4c(Cc5cccc(CN)c5)[nH]c5ccc(OC)cc45)C(=O)NC3=O)c2c1. The Kier molecular flexibility index (Phi) is 5.96. The Morgan fingerprint density at radius 2 is 1.33 bits per heavy atom. The van der Waals surface area contributed by atoms with Gasteiger partial charge in [-0.3, -0.25) is 14.9 Å². The number of H-pyrrole nitrogens is 2. The summed E-state index contributed by atoms with van der Waals surface area (Å²) in [4.78, 5) is 33.9. The van der Waals surface area contributed by atoms with Crippen LogP contribution in [0.1, 0.15) is 33.6 Å². The van der Waals surface area contributed by atoms with E-state index in [1.165, 1.54) is 0 Å². The van der Waals surface area contributed by atoms with Crippen LogP contribution in [0.5, 0.6) is 11.5 Å². The Bertz CT molecular complexity index is 1830. The molecule has 2 amide bonds. The first kappa shape index (κ1) is 24.5. The molecule has 0 bridgehead atoms. The van der Waals surface area contributed by atoms with Gasteiger partial charge in [0, 0.05) is 57.3 Å². The lowest BCUT2D eigenvalue weighted by molar-refractivity contribution is -0.122. The number of hydrogen-bond acceptors (Lipinski definition) is 5. The summed E-state index contributed by atoms with van der Waals surface area (Å²) < 4.78 is 11.0. The molecule has 0 saturated heterocycles. The lowest BCUT2D eigenvalue weighted by atomic mass is 9.91. The van der Waals surface area contributed by atoms with E-state index >= 15 is 0 Å². The van der Waals surface area contributed by atoms with Crippen molar-refractivity contribution in [2.75, 3.05) is 14.2 Å². The molecule has 6 rings (SSSR count). The number of carbonyl (C=O) groups is 2. The van der Waals surface area contributed by atoms with Gasteiger partial charge in [-0.2, -0.15) is 0 Å². The highest BCUT2D eigenvalue weighted by molar-refractivity contribution is 6.51. The number of ether oxygens (including phenoxy) is 2. The van der Waals surface area contributed by atoms with Gasteiger partial charge in [-0.05, 0) is 54.4 Å². The molecule has 1 aliphatic heterocycles. The number of nitrogens with two attached hydrogens (primary N) is 1. The van der Waals surface area contributed by atoms with Crippen molar-refractivity contribution in [3.8, 4) is 11.5 Å². The summed E-state index contributed by atoms with van der Waals surface area (Å²) in [5.41, 5.74) is 13.3. The van der Waals surface area contributed by atoms with E-state index in [-0.39, 0.29) is 0 Å². The number of amides is 2. The molecule has 196 valence electrons. The molecular weight excluding hydrogens is 492 g/mol. The number of aryl methyl sites for hydroxylation is 1. The van der Waals surface area contributed by atoms with Crippen molar-refractivity contribution in [2.45, 2.75) is 19.9 Å². The predicted molar refractivity (Wildman–Crippen MR) is 152 cm³/mol. The second kappa shape index (κ2) is 9.49. The summed E-state index contributed by atoms with van der Waals surface area (Å²) in [6.45, 7) is 2.33. The third kappa shape index (κ3) is 4.06. The summed E-state index contributed by atoms with van der Waals surface area (Å²) in [5.74, 6) is 0.439. The van der Waals surface area contributed by atoms with Crippen molar-refractivity contribution < 1.29 is 19.1 Å². The molecule has 5 aromatic rings. The molecule has 0 aliphatic carbocycles.